The van der Waals surface area contributed by atoms with Gasteiger partial charge in [0.1, 0.15) is 17.1 Å². The largest absolute Gasteiger partial charge is 0.496 e. The Hall–Kier alpha value is -3.57. The molecule has 0 bridgehead atoms. The predicted octanol–water partition coefficient (Wildman–Crippen LogP) is 2.11. The number of rotatable bonds is 6. The molecule has 182 valence electrons. The first kappa shape index (κ1) is 23.2. The summed E-state index contributed by atoms with van der Waals surface area (Å²) in [5, 5.41) is 5.14. The quantitative estimate of drug-likeness (QED) is 0.402. The van der Waals surface area contributed by atoms with Gasteiger partial charge in [0.15, 0.2) is 5.82 Å². The van der Waals surface area contributed by atoms with Crippen LogP contribution in [0.15, 0.2) is 49.1 Å². The second-order valence-electron chi connectivity index (χ2n) is 8.61. The van der Waals surface area contributed by atoms with Gasteiger partial charge in [0, 0.05) is 74.8 Å². The molecule has 3 aromatic heterocycles. The normalized spacial score (nSPS) is 15.0. The van der Waals surface area contributed by atoms with Gasteiger partial charge in [-0.2, -0.15) is 9.40 Å². The highest BCUT2D eigenvalue weighted by molar-refractivity contribution is 7.88. The molecule has 1 saturated heterocycles. The lowest BCUT2D eigenvalue weighted by atomic mass is 10.0. The van der Waals surface area contributed by atoms with E-state index in [-0.39, 0.29) is 0 Å². The van der Waals surface area contributed by atoms with Gasteiger partial charge in [0.25, 0.3) is 0 Å². The maximum absolute atomic E-state index is 11.9. The Morgan fingerprint density at radius 3 is 2.51 bits per heavy atom. The van der Waals surface area contributed by atoms with Gasteiger partial charge in [0.05, 0.1) is 19.6 Å². The smallest absolute Gasteiger partial charge is 0.211 e. The fraction of sp³-hybridized carbons (Fsp3) is 0.333. The van der Waals surface area contributed by atoms with Crippen LogP contribution in [0.4, 0.5) is 5.82 Å². The van der Waals surface area contributed by atoms with E-state index in [2.05, 4.69) is 20.0 Å². The summed E-state index contributed by atoms with van der Waals surface area (Å²) in [6, 6.07) is 7.97. The molecule has 4 heterocycles. The highest BCUT2D eigenvalue weighted by atomic mass is 32.2. The van der Waals surface area contributed by atoms with Crippen LogP contribution >= 0.6 is 0 Å². The summed E-state index contributed by atoms with van der Waals surface area (Å²) in [7, 11) is 0.350. The van der Waals surface area contributed by atoms with Gasteiger partial charge >= 0.3 is 0 Å². The third-order valence-corrected chi connectivity index (χ3v) is 7.51. The number of hydrogen-bond donors (Lipinski definition) is 0. The number of aromatic nitrogens is 5. The lowest BCUT2D eigenvalue weighted by Gasteiger charge is -2.34. The maximum Gasteiger partial charge on any atom is 0.211 e. The van der Waals surface area contributed by atoms with E-state index in [1.165, 1.54) is 10.6 Å². The number of pyridine rings is 1. The Balaban J connectivity index is 1.42. The fourth-order valence-corrected chi connectivity index (χ4v) is 5.16. The first-order valence-corrected chi connectivity index (χ1v) is 13.1. The molecule has 4 aromatic rings. The minimum Gasteiger partial charge on any atom is -0.496 e. The van der Waals surface area contributed by atoms with Gasteiger partial charge in [-0.1, -0.05) is 12.1 Å². The second kappa shape index (κ2) is 9.23. The molecule has 0 atom stereocenters. The number of hydrogen-bond acceptors (Lipinski definition) is 8. The van der Waals surface area contributed by atoms with Crippen molar-refractivity contribution in [1.29, 1.82) is 0 Å². The van der Waals surface area contributed by atoms with E-state index in [1.54, 1.807) is 18.0 Å². The van der Waals surface area contributed by atoms with E-state index < -0.39 is 10.0 Å². The number of aryl methyl sites for hydroxylation is 1. The Bertz CT molecular complexity index is 1480. The van der Waals surface area contributed by atoms with Crippen molar-refractivity contribution in [3.8, 4) is 16.9 Å². The van der Waals surface area contributed by atoms with E-state index in [1.807, 2.05) is 49.9 Å². The van der Waals surface area contributed by atoms with Gasteiger partial charge in [-0.3, -0.25) is 4.68 Å². The Morgan fingerprint density at radius 1 is 1.03 bits per heavy atom. The molecule has 0 aliphatic carbocycles. The van der Waals surface area contributed by atoms with Crippen LogP contribution in [0, 0.1) is 0 Å². The highest BCUT2D eigenvalue weighted by Crippen LogP contribution is 2.29. The third-order valence-electron chi connectivity index (χ3n) is 6.21. The molecule has 0 N–H and O–H groups in total. The van der Waals surface area contributed by atoms with Crippen LogP contribution in [0.5, 0.6) is 5.75 Å². The van der Waals surface area contributed by atoms with Gasteiger partial charge in [0.2, 0.25) is 10.0 Å². The van der Waals surface area contributed by atoms with Crippen molar-refractivity contribution in [2.45, 2.75) is 6.42 Å². The molecule has 1 aliphatic heterocycles. The number of anilines is 1. The van der Waals surface area contributed by atoms with Crippen molar-refractivity contribution in [2.75, 3.05) is 44.4 Å². The number of sulfonamides is 1. The van der Waals surface area contributed by atoms with E-state index >= 15 is 0 Å². The molecule has 0 saturated carbocycles. The summed E-state index contributed by atoms with van der Waals surface area (Å²) >= 11 is 0. The average molecular weight is 494 g/mol. The van der Waals surface area contributed by atoms with Crippen molar-refractivity contribution < 1.29 is 13.2 Å². The van der Waals surface area contributed by atoms with Crippen LogP contribution in [0.2, 0.25) is 0 Å². The number of nitrogens with zero attached hydrogens (tertiary/aromatic N) is 7. The SMILES string of the molecule is COc1cc(-c2cnn(C)c2)ccc1Cc1ncc2ccnc(N3CCN(S(C)(=O)=O)CC3)c2n1. The summed E-state index contributed by atoms with van der Waals surface area (Å²) < 4.78 is 32.7. The molecule has 1 fully saturated rings. The zero-order valence-corrected chi connectivity index (χ0v) is 20.7. The molecule has 35 heavy (non-hydrogen) atoms. The van der Waals surface area contributed by atoms with Crippen molar-refractivity contribution in [3.05, 3.63) is 60.4 Å². The van der Waals surface area contributed by atoms with Gasteiger partial charge in [-0.15, -0.1) is 0 Å². The summed E-state index contributed by atoms with van der Waals surface area (Å²) in [4.78, 5) is 16.1. The van der Waals surface area contributed by atoms with E-state index in [9.17, 15) is 8.42 Å². The molecule has 0 radical (unpaired) electrons. The van der Waals surface area contributed by atoms with Crippen LogP contribution in [0.3, 0.4) is 0 Å². The van der Waals surface area contributed by atoms with Crippen LogP contribution in [-0.2, 0) is 23.5 Å². The number of fused-ring (bicyclic) bond motifs is 1. The first-order valence-electron chi connectivity index (χ1n) is 11.3. The Labute approximate surface area is 204 Å². The van der Waals surface area contributed by atoms with Crippen LogP contribution < -0.4 is 9.64 Å². The minimum atomic E-state index is -3.20. The van der Waals surface area contributed by atoms with Gasteiger partial charge in [-0.05, 0) is 17.7 Å². The van der Waals surface area contributed by atoms with E-state index in [4.69, 9.17) is 9.72 Å². The highest BCUT2D eigenvalue weighted by Gasteiger charge is 2.25. The van der Waals surface area contributed by atoms with Crippen molar-refractivity contribution >= 4 is 26.7 Å². The lowest BCUT2D eigenvalue weighted by molar-refractivity contribution is 0.387. The maximum atomic E-state index is 11.9. The van der Waals surface area contributed by atoms with Crippen molar-refractivity contribution in [1.82, 2.24) is 29.0 Å². The first-order chi connectivity index (χ1) is 16.8. The molecule has 0 amide bonds. The van der Waals surface area contributed by atoms with E-state index in [0.717, 1.165) is 39.2 Å². The third kappa shape index (κ3) is 4.82. The molecule has 11 heteroatoms. The summed E-state index contributed by atoms with van der Waals surface area (Å²) in [6.07, 6.45) is 9.09. The Morgan fingerprint density at radius 2 is 1.83 bits per heavy atom. The summed E-state index contributed by atoms with van der Waals surface area (Å²) in [6.45, 7) is 1.97. The molecule has 0 spiro atoms. The zero-order valence-electron chi connectivity index (χ0n) is 19.9. The average Bonchev–Trinajstić information content (AvgIpc) is 3.29. The second-order valence-corrected chi connectivity index (χ2v) is 10.6. The minimum absolute atomic E-state index is 0.426. The number of ether oxygens (including phenoxy) is 1. The van der Waals surface area contributed by atoms with Crippen LogP contribution in [0.25, 0.3) is 22.0 Å². The summed E-state index contributed by atoms with van der Waals surface area (Å²) in [5.74, 6) is 2.17. The van der Waals surface area contributed by atoms with E-state index in [0.29, 0.717) is 38.4 Å². The number of benzene rings is 1. The van der Waals surface area contributed by atoms with Crippen LogP contribution in [0.1, 0.15) is 11.4 Å². The van der Waals surface area contributed by atoms with Crippen molar-refractivity contribution in [2.24, 2.45) is 7.05 Å². The van der Waals surface area contributed by atoms with Crippen molar-refractivity contribution in [3.63, 3.8) is 0 Å². The molecular weight excluding hydrogens is 466 g/mol. The Kier molecular flexibility index (Phi) is 6.12. The van der Waals surface area contributed by atoms with Gasteiger partial charge in [-0.25, -0.2) is 23.4 Å². The molecule has 10 nitrogen and oxygen atoms in total. The standard InChI is InChI=1S/C24H27N7O3S/c1-29-16-20(15-27-29)17-4-5-18(21(12-17)34-2)13-22-26-14-19-6-7-25-24(23(19)28-22)30-8-10-31(11-9-30)35(3,32)33/h4-7,12,14-16H,8-11,13H2,1-3H3. The summed E-state index contributed by atoms with van der Waals surface area (Å²) in [5.41, 5.74) is 3.78. The molecular formula is C24H27N7O3S. The molecule has 0 unspecified atom stereocenters. The molecule has 1 aliphatic rings. The molecule has 5 rings (SSSR count). The monoisotopic (exact) mass is 493 g/mol. The fourth-order valence-electron chi connectivity index (χ4n) is 4.34. The zero-order chi connectivity index (χ0) is 24.6. The number of piperazine rings is 1. The topological polar surface area (TPSA) is 106 Å². The molecule has 1 aromatic carbocycles. The van der Waals surface area contributed by atoms with Crippen LogP contribution in [-0.4, -0.2) is 77.0 Å². The predicted molar refractivity (Wildman–Crippen MR) is 134 cm³/mol. The lowest BCUT2D eigenvalue weighted by Crippen LogP contribution is -2.48. The number of methoxy groups -OCH3 is 1. The van der Waals surface area contributed by atoms with Gasteiger partial charge < -0.3 is 9.64 Å².